The van der Waals surface area contributed by atoms with Crippen molar-refractivity contribution in [2.24, 2.45) is 5.92 Å². The van der Waals surface area contributed by atoms with Gasteiger partial charge in [-0.2, -0.15) is 0 Å². The van der Waals surface area contributed by atoms with Crippen LogP contribution in [0.25, 0.3) is 0 Å². The Bertz CT molecular complexity index is 154. The molecule has 0 N–H and O–H groups in total. The fraction of sp³-hybridized carbons (Fsp3) is 0.143. The van der Waals surface area contributed by atoms with Gasteiger partial charge in [-0.05, 0) is 6.08 Å². The van der Waals surface area contributed by atoms with Crippen molar-refractivity contribution in [1.82, 2.24) is 0 Å². The van der Waals surface area contributed by atoms with Crippen molar-refractivity contribution < 1.29 is 0 Å². The lowest BCUT2D eigenvalue weighted by Gasteiger charge is -1.88. The molecule has 1 heteroatoms. The molecule has 0 heterocycles. The van der Waals surface area contributed by atoms with Crippen molar-refractivity contribution >= 4 is 11.6 Å². The lowest BCUT2D eigenvalue weighted by Crippen LogP contribution is -1.76. The zero-order chi connectivity index (χ0) is 5.98. The fourth-order valence-electron chi connectivity index (χ4n) is 0.645. The summed E-state index contributed by atoms with van der Waals surface area (Å²) in [5.41, 5.74) is 0. The highest BCUT2D eigenvalue weighted by Crippen LogP contribution is 2.18. The van der Waals surface area contributed by atoms with Gasteiger partial charge in [0.1, 0.15) is 0 Å². The van der Waals surface area contributed by atoms with Crippen LogP contribution in [0.5, 0.6) is 0 Å². The van der Waals surface area contributed by atoms with E-state index < -0.39 is 0 Å². The molecule has 1 unspecified atom stereocenters. The van der Waals surface area contributed by atoms with Crippen LogP contribution in [0.2, 0.25) is 0 Å². The maximum absolute atomic E-state index is 5.61. The Morgan fingerprint density at radius 3 is 2.75 bits per heavy atom. The first-order chi connectivity index (χ1) is 3.83. The molecular weight excluding hydrogens is 120 g/mol. The van der Waals surface area contributed by atoms with Gasteiger partial charge in [0.25, 0.3) is 0 Å². The molecule has 1 aliphatic rings. The molecule has 42 valence electrons. The number of hydrogen-bond donors (Lipinski definition) is 0. The molecule has 1 atom stereocenters. The molecule has 0 spiro atoms. The van der Waals surface area contributed by atoms with Crippen molar-refractivity contribution in [1.29, 1.82) is 0 Å². The molecule has 0 saturated heterocycles. The van der Waals surface area contributed by atoms with Gasteiger partial charge in [-0.15, -0.1) is 6.58 Å². The maximum Gasteiger partial charge on any atom is 0.0372 e. The lowest BCUT2D eigenvalue weighted by molar-refractivity contribution is 1.10. The quantitative estimate of drug-likeness (QED) is 0.474. The first-order valence-corrected chi connectivity index (χ1v) is 2.89. The molecule has 0 nitrogen and oxygen atoms in total. The predicted octanol–water partition coefficient (Wildman–Crippen LogP) is 2.48. The smallest absolute Gasteiger partial charge is 0.0372 e. The van der Waals surface area contributed by atoms with E-state index in [0.717, 1.165) is 5.03 Å². The number of allylic oxidation sites excluding steroid dienone is 5. The summed E-state index contributed by atoms with van der Waals surface area (Å²) in [7, 11) is 0. The van der Waals surface area contributed by atoms with Crippen LogP contribution < -0.4 is 0 Å². The summed E-state index contributed by atoms with van der Waals surface area (Å²) in [6.07, 6.45) is 7.70. The molecule has 8 heavy (non-hydrogen) atoms. The van der Waals surface area contributed by atoms with Crippen LogP contribution in [0.1, 0.15) is 0 Å². The van der Waals surface area contributed by atoms with Crippen LogP contribution in [0.15, 0.2) is 35.9 Å². The highest BCUT2D eigenvalue weighted by atomic mass is 35.5. The van der Waals surface area contributed by atoms with E-state index in [-0.39, 0.29) is 0 Å². The third kappa shape index (κ3) is 1.01. The van der Waals surface area contributed by atoms with E-state index in [0.29, 0.717) is 5.92 Å². The molecule has 0 bridgehead atoms. The molecule has 0 aromatic rings. The van der Waals surface area contributed by atoms with E-state index in [1.807, 2.05) is 24.3 Å². The van der Waals surface area contributed by atoms with Crippen LogP contribution in [0.3, 0.4) is 0 Å². The molecule has 0 aliphatic heterocycles. The molecule has 0 radical (unpaired) electrons. The van der Waals surface area contributed by atoms with Crippen LogP contribution in [-0.4, -0.2) is 0 Å². The summed E-state index contributed by atoms with van der Waals surface area (Å²) in [5.74, 6) is 0.363. The summed E-state index contributed by atoms with van der Waals surface area (Å²) in [6.45, 7) is 3.62. The Hall–Kier alpha value is -0.490. The Kier molecular flexibility index (Phi) is 1.54. The van der Waals surface area contributed by atoms with Gasteiger partial charge < -0.3 is 0 Å². The molecule has 1 rings (SSSR count). The monoisotopic (exact) mass is 126 g/mol. The van der Waals surface area contributed by atoms with Gasteiger partial charge in [0.15, 0.2) is 0 Å². The molecule has 0 fully saturated rings. The van der Waals surface area contributed by atoms with E-state index in [9.17, 15) is 0 Å². The zero-order valence-electron chi connectivity index (χ0n) is 4.47. The normalized spacial score (nSPS) is 25.6. The summed E-state index contributed by atoms with van der Waals surface area (Å²) >= 11 is 5.61. The maximum atomic E-state index is 5.61. The SMILES string of the molecule is C=CC1C=CC(Cl)=C1. The van der Waals surface area contributed by atoms with E-state index in [4.69, 9.17) is 11.6 Å². The average Bonchev–Trinajstić information content (AvgIpc) is 2.14. The van der Waals surface area contributed by atoms with Crippen LogP contribution in [0.4, 0.5) is 0 Å². The zero-order valence-corrected chi connectivity index (χ0v) is 5.23. The Morgan fingerprint density at radius 1 is 1.75 bits per heavy atom. The molecule has 1 aliphatic carbocycles. The lowest BCUT2D eigenvalue weighted by atomic mass is 10.2. The second kappa shape index (κ2) is 2.19. The van der Waals surface area contributed by atoms with Crippen molar-refractivity contribution in [3.63, 3.8) is 0 Å². The number of halogens is 1. The van der Waals surface area contributed by atoms with Crippen LogP contribution in [0, 0.1) is 5.92 Å². The van der Waals surface area contributed by atoms with Crippen molar-refractivity contribution in [2.45, 2.75) is 0 Å². The van der Waals surface area contributed by atoms with Gasteiger partial charge in [-0.25, -0.2) is 0 Å². The van der Waals surface area contributed by atoms with E-state index in [1.54, 1.807) is 0 Å². The van der Waals surface area contributed by atoms with Gasteiger partial charge in [-0.3, -0.25) is 0 Å². The topological polar surface area (TPSA) is 0 Å². The summed E-state index contributed by atoms with van der Waals surface area (Å²) in [6, 6.07) is 0. The second-order valence-electron chi connectivity index (χ2n) is 1.72. The second-order valence-corrected chi connectivity index (χ2v) is 2.16. The minimum absolute atomic E-state index is 0.363. The minimum atomic E-state index is 0.363. The van der Waals surface area contributed by atoms with Crippen molar-refractivity contribution in [2.75, 3.05) is 0 Å². The van der Waals surface area contributed by atoms with Crippen molar-refractivity contribution in [3.8, 4) is 0 Å². The van der Waals surface area contributed by atoms with Gasteiger partial charge in [-0.1, -0.05) is 29.8 Å². The van der Waals surface area contributed by atoms with Gasteiger partial charge in [0.05, 0.1) is 0 Å². The first kappa shape index (κ1) is 5.64. The predicted molar refractivity (Wildman–Crippen MR) is 36.8 cm³/mol. The minimum Gasteiger partial charge on any atom is -0.102 e. The number of rotatable bonds is 1. The van der Waals surface area contributed by atoms with Gasteiger partial charge >= 0.3 is 0 Å². The Morgan fingerprint density at radius 2 is 2.50 bits per heavy atom. The van der Waals surface area contributed by atoms with E-state index in [1.165, 1.54) is 0 Å². The fourth-order valence-corrected chi connectivity index (χ4v) is 0.863. The highest BCUT2D eigenvalue weighted by molar-refractivity contribution is 6.31. The Balaban J connectivity index is 2.68. The van der Waals surface area contributed by atoms with Gasteiger partial charge in [0.2, 0.25) is 0 Å². The summed E-state index contributed by atoms with van der Waals surface area (Å²) in [5, 5.41) is 0.815. The van der Waals surface area contributed by atoms with Crippen LogP contribution in [-0.2, 0) is 0 Å². The van der Waals surface area contributed by atoms with Crippen molar-refractivity contribution in [3.05, 3.63) is 35.9 Å². The third-order valence-corrected chi connectivity index (χ3v) is 1.35. The van der Waals surface area contributed by atoms with Crippen LogP contribution >= 0.6 is 11.6 Å². The molecule has 0 aromatic carbocycles. The third-order valence-electron chi connectivity index (χ3n) is 1.10. The highest BCUT2D eigenvalue weighted by Gasteiger charge is 2.01. The molecule has 0 amide bonds. The van der Waals surface area contributed by atoms with Gasteiger partial charge in [0, 0.05) is 11.0 Å². The largest absolute Gasteiger partial charge is 0.102 e. The Labute approximate surface area is 54.2 Å². The summed E-state index contributed by atoms with van der Waals surface area (Å²) in [4.78, 5) is 0. The molecular formula is C7H7Cl. The standard InChI is InChI=1S/C7H7Cl/c1-2-6-3-4-7(8)5-6/h2-6H,1H2. The van der Waals surface area contributed by atoms with E-state index >= 15 is 0 Å². The number of hydrogen-bond acceptors (Lipinski definition) is 0. The molecule has 0 saturated carbocycles. The van der Waals surface area contributed by atoms with E-state index in [2.05, 4.69) is 6.58 Å². The molecule has 0 aromatic heterocycles. The summed E-state index contributed by atoms with van der Waals surface area (Å²) < 4.78 is 0. The average molecular weight is 127 g/mol. The first-order valence-electron chi connectivity index (χ1n) is 2.51.